The van der Waals surface area contributed by atoms with E-state index < -0.39 is 11.4 Å². The Labute approximate surface area is 111 Å². The van der Waals surface area contributed by atoms with Gasteiger partial charge >= 0.3 is 5.97 Å². The summed E-state index contributed by atoms with van der Waals surface area (Å²) in [6.45, 7) is 3.55. The van der Waals surface area contributed by atoms with Gasteiger partial charge in [0.2, 0.25) is 0 Å². The summed E-state index contributed by atoms with van der Waals surface area (Å²) in [6.07, 6.45) is -0.0925. The van der Waals surface area contributed by atoms with E-state index in [9.17, 15) is 4.79 Å². The summed E-state index contributed by atoms with van der Waals surface area (Å²) in [7, 11) is 0. The normalized spacial score (nSPS) is 16.3. The molecule has 94 valence electrons. The van der Waals surface area contributed by atoms with Gasteiger partial charge in [0.1, 0.15) is 0 Å². The minimum absolute atomic E-state index is 0.0925. The minimum atomic E-state index is -0.916. The van der Waals surface area contributed by atoms with Crippen LogP contribution in [0.15, 0.2) is 18.2 Å². The molecule has 3 N–H and O–H groups in total. The SMILES string of the molecule is CC(N)C(C)(CC(=O)O)c1cc(Cl)ccc1Cl. The molecule has 1 rings (SSSR count). The maximum absolute atomic E-state index is 11.0. The lowest BCUT2D eigenvalue weighted by atomic mass is 9.74. The molecule has 0 radical (unpaired) electrons. The van der Waals surface area contributed by atoms with Crippen LogP contribution in [0.4, 0.5) is 0 Å². The first-order valence-corrected chi connectivity index (χ1v) is 5.96. The van der Waals surface area contributed by atoms with E-state index in [-0.39, 0.29) is 12.5 Å². The maximum Gasteiger partial charge on any atom is 0.304 e. The molecule has 0 saturated carbocycles. The highest BCUT2D eigenvalue weighted by Crippen LogP contribution is 2.36. The lowest BCUT2D eigenvalue weighted by Crippen LogP contribution is -2.42. The number of hydrogen-bond acceptors (Lipinski definition) is 2. The summed E-state index contributed by atoms with van der Waals surface area (Å²) >= 11 is 12.0. The summed E-state index contributed by atoms with van der Waals surface area (Å²) in [5.74, 6) is -0.916. The van der Waals surface area contributed by atoms with Crippen LogP contribution in [0, 0.1) is 0 Å². The van der Waals surface area contributed by atoms with Gasteiger partial charge in [-0.2, -0.15) is 0 Å². The van der Waals surface area contributed by atoms with Crippen molar-refractivity contribution in [1.29, 1.82) is 0 Å². The number of carbonyl (C=O) groups is 1. The molecule has 0 aliphatic carbocycles. The Morgan fingerprint density at radius 1 is 1.53 bits per heavy atom. The van der Waals surface area contributed by atoms with Crippen LogP contribution in [0.25, 0.3) is 0 Å². The lowest BCUT2D eigenvalue weighted by molar-refractivity contribution is -0.138. The number of nitrogens with two attached hydrogens (primary N) is 1. The molecule has 0 aliphatic rings. The molecule has 0 fully saturated rings. The van der Waals surface area contributed by atoms with Crippen molar-refractivity contribution >= 4 is 29.2 Å². The molecule has 17 heavy (non-hydrogen) atoms. The van der Waals surface area contributed by atoms with E-state index in [4.69, 9.17) is 34.0 Å². The number of carboxylic acids is 1. The molecule has 0 heterocycles. The third kappa shape index (κ3) is 3.12. The molecule has 0 amide bonds. The van der Waals surface area contributed by atoms with Crippen LogP contribution in [0.3, 0.4) is 0 Å². The van der Waals surface area contributed by atoms with Crippen molar-refractivity contribution < 1.29 is 9.90 Å². The van der Waals surface area contributed by atoms with Gasteiger partial charge in [0, 0.05) is 21.5 Å². The van der Waals surface area contributed by atoms with E-state index in [2.05, 4.69) is 0 Å². The molecule has 0 spiro atoms. The molecule has 2 atom stereocenters. The maximum atomic E-state index is 11.0. The summed E-state index contributed by atoms with van der Waals surface area (Å²) < 4.78 is 0. The summed E-state index contributed by atoms with van der Waals surface area (Å²) in [5.41, 5.74) is 5.83. The zero-order chi connectivity index (χ0) is 13.2. The number of hydrogen-bond donors (Lipinski definition) is 2. The van der Waals surface area contributed by atoms with Crippen molar-refractivity contribution in [2.24, 2.45) is 5.73 Å². The van der Waals surface area contributed by atoms with E-state index in [1.54, 1.807) is 32.0 Å². The highest BCUT2D eigenvalue weighted by Gasteiger charge is 2.35. The van der Waals surface area contributed by atoms with Crippen molar-refractivity contribution in [1.82, 2.24) is 0 Å². The standard InChI is InChI=1S/C12H15Cl2NO2/c1-7(15)12(2,6-11(16)17)9-5-8(13)3-4-10(9)14/h3-5,7H,6,15H2,1-2H3,(H,16,17). The first kappa shape index (κ1) is 14.3. The van der Waals surface area contributed by atoms with Crippen molar-refractivity contribution in [3.8, 4) is 0 Å². The smallest absolute Gasteiger partial charge is 0.304 e. The van der Waals surface area contributed by atoms with E-state index in [0.717, 1.165) is 0 Å². The summed E-state index contributed by atoms with van der Waals surface area (Å²) in [6, 6.07) is 4.64. The van der Waals surface area contributed by atoms with Crippen LogP contribution in [-0.4, -0.2) is 17.1 Å². The molecule has 0 aliphatic heterocycles. The number of benzene rings is 1. The number of halogens is 2. The molecular formula is C12H15Cl2NO2. The Kier molecular flexibility index (Phi) is 4.42. The van der Waals surface area contributed by atoms with Crippen LogP contribution in [0.2, 0.25) is 10.0 Å². The minimum Gasteiger partial charge on any atom is -0.481 e. The molecule has 1 aromatic carbocycles. The molecular weight excluding hydrogens is 261 g/mol. The highest BCUT2D eigenvalue weighted by molar-refractivity contribution is 6.33. The third-order valence-electron chi connectivity index (χ3n) is 3.07. The first-order chi connectivity index (χ1) is 7.77. The number of aliphatic carboxylic acids is 1. The first-order valence-electron chi connectivity index (χ1n) is 5.20. The second kappa shape index (κ2) is 5.25. The van der Waals surface area contributed by atoms with Crippen molar-refractivity contribution in [2.45, 2.75) is 31.7 Å². The fourth-order valence-corrected chi connectivity index (χ4v) is 2.26. The number of carboxylic acid groups (broad SMARTS) is 1. The van der Waals surface area contributed by atoms with Crippen molar-refractivity contribution in [3.63, 3.8) is 0 Å². The van der Waals surface area contributed by atoms with Crippen LogP contribution in [0.1, 0.15) is 25.8 Å². The molecule has 2 unspecified atom stereocenters. The van der Waals surface area contributed by atoms with Crippen LogP contribution in [-0.2, 0) is 10.2 Å². The molecule has 0 bridgehead atoms. The van der Waals surface area contributed by atoms with Crippen molar-refractivity contribution in [2.75, 3.05) is 0 Å². The predicted octanol–water partition coefficient (Wildman–Crippen LogP) is 3.07. The Morgan fingerprint density at radius 2 is 2.12 bits per heavy atom. The monoisotopic (exact) mass is 275 g/mol. The molecule has 3 nitrogen and oxygen atoms in total. The topological polar surface area (TPSA) is 63.3 Å². The number of rotatable bonds is 4. The van der Waals surface area contributed by atoms with Gasteiger partial charge in [0.25, 0.3) is 0 Å². The van der Waals surface area contributed by atoms with Crippen LogP contribution in [0.5, 0.6) is 0 Å². The average molecular weight is 276 g/mol. The van der Waals surface area contributed by atoms with E-state index in [1.165, 1.54) is 0 Å². The quantitative estimate of drug-likeness (QED) is 0.888. The van der Waals surface area contributed by atoms with Gasteiger partial charge in [-0.05, 0) is 30.7 Å². The predicted molar refractivity (Wildman–Crippen MR) is 69.7 cm³/mol. The molecule has 0 aromatic heterocycles. The third-order valence-corrected chi connectivity index (χ3v) is 3.63. The fourth-order valence-electron chi connectivity index (χ4n) is 1.75. The average Bonchev–Trinajstić information content (AvgIpc) is 2.20. The zero-order valence-corrected chi connectivity index (χ0v) is 11.2. The van der Waals surface area contributed by atoms with Crippen molar-refractivity contribution in [3.05, 3.63) is 33.8 Å². The Morgan fingerprint density at radius 3 is 2.59 bits per heavy atom. The zero-order valence-electron chi connectivity index (χ0n) is 9.71. The summed E-state index contributed by atoms with van der Waals surface area (Å²) in [4.78, 5) is 11.0. The van der Waals surface area contributed by atoms with E-state index >= 15 is 0 Å². The molecule has 0 saturated heterocycles. The van der Waals surface area contributed by atoms with Gasteiger partial charge in [-0.3, -0.25) is 4.79 Å². The van der Waals surface area contributed by atoms with Gasteiger partial charge in [-0.15, -0.1) is 0 Å². The Bertz CT molecular complexity index is 435. The van der Waals surface area contributed by atoms with Gasteiger partial charge in [0.15, 0.2) is 0 Å². The van der Waals surface area contributed by atoms with E-state index in [1.807, 2.05) is 0 Å². The van der Waals surface area contributed by atoms with Gasteiger partial charge < -0.3 is 10.8 Å². The highest BCUT2D eigenvalue weighted by atomic mass is 35.5. The van der Waals surface area contributed by atoms with Crippen LogP contribution >= 0.6 is 23.2 Å². The van der Waals surface area contributed by atoms with Gasteiger partial charge in [0.05, 0.1) is 6.42 Å². The van der Waals surface area contributed by atoms with E-state index in [0.29, 0.717) is 15.6 Å². The largest absolute Gasteiger partial charge is 0.481 e. The summed E-state index contributed by atoms with van der Waals surface area (Å²) in [5, 5.41) is 9.99. The van der Waals surface area contributed by atoms with Crippen LogP contribution < -0.4 is 5.73 Å². The second-order valence-electron chi connectivity index (χ2n) is 4.40. The Balaban J connectivity index is 3.31. The lowest BCUT2D eigenvalue weighted by Gasteiger charge is -2.33. The van der Waals surface area contributed by atoms with Gasteiger partial charge in [-0.1, -0.05) is 30.1 Å². The second-order valence-corrected chi connectivity index (χ2v) is 5.24. The molecule has 1 aromatic rings. The molecule has 5 heteroatoms. The fraction of sp³-hybridized carbons (Fsp3) is 0.417. The Hall–Kier alpha value is -0.770. The van der Waals surface area contributed by atoms with Gasteiger partial charge in [-0.25, -0.2) is 0 Å².